The largest absolute Gasteiger partial charge is 0.258 e. The molecule has 0 nitrogen and oxygen atoms in total. The highest BCUT2D eigenvalue weighted by molar-refractivity contribution is 8.55. The van der Waals surface area contributed by atoms with Gasteiger partial charge in [0.05, 0.1) is 0 Å². The molecule has 0 spiro atoms. The highest BCUT2D eigenvalue weighted by Crippen LogP contribution is 2.54. The van der Waals surface area contributed by atoms with Gasteiger partial charge in [0.1, 0.15) is 7.22 Å². The molecular weight excluding hydrogens is 204 g/mol. The smallest absolute Gasteiger partial charge is 0.123 e. The fourth-order valence-electron chi connectivity index (χ4n) is 1.92. The molecule has 0 aromatic rings. The van der Waals surface area contributed by atoms with Gasteiger partial charge >= 0.3 is 0 Å². The van der Waals surface area contributed by atoms with Gasteiger partial charge in [0.2, 0.25) is 0 Å². The molecule has 2 aliphatic rings. The minimum Gasteiger partial charge on any atom is -0.258 e. The van der Waals surface area contributed by atoms with Gasteiger partial charge < -0.3 is 0 Å². The summed E-state index contributed by atoms with van der Waals surface area (Å²) in [7, 11) is -1.55. The van der Waals surface area contributed by atoms with Crippen LogP contribution in [0.15, 0.2) is 23.4 Å². The van der Waals surface area contributed by atoms with Crippen LogP contribution < -0.4 is 0 Å². The van der Waals surface area contributed by atoms with Crippen molar-refractivity contribution in [1.82, 2.24) is 0 Å². The van der Waals surface area contributed by atoms with E-state index in [0.717, 1.165) is 11.8 Å². The molecule has 0 aromatic carbocycles. The molecule has 2 unspecified atom stereocenters. The minimum atomic E-state index is -1.16. The maximum atomic E-state index is 2.59. The molecule has 2 atom stereocenters. The van der Waals surface area contributed by atoms with Crippen LogP contribution in [0.1, 0.15) is 6.42 Å². The SMILES string of the molecule is C[Si](C)(C1=CC2CC2C=C1)S(C)(C)C. The first kappa shape index (κ1) is 10.6. The van der Waals surface area contributed by atoms with E-state index in [0.29, 0.717) is 0 Å². The average Bonchev–Trinajstić information content (AvgIpc) is 2.78. The van der Waals surface area contributed by atoms with Crippen molar-refractivity contribution < 1.29 is 0 Å². The average molecular weight is 226 g/mol. The van der Waals surface area contributed by atoms with Crippen LogP contribution in [0, 0.1) is 11.8 Å². The second-order valence-electron chi connectivity index (χ2n) is 5.89. The summed E-state index contributed by atoms with van der Waals surface area (Å²) in [6.45, 7) is 5.09. The monoisotopic (exact) mass is 226 g/mol. The van der Waals surface area contributed by atoms with Crippen LogP contribution in [0.4, 0.5) is 0 Å². The second kappa shape index (κ2) is 3.02. The number of rotatable bonds is 2. The van der Waals surface area contributed by atoms with E-state index in [1.807, 2.05) is 0 Å². The third-order valence-electron chi connectivity index (χ3n) is 4.03. The molecule has 80 valence electrons. The maximum Gasteiger partial charge on any atom is 0.123 e. The Bertz CT molecular complexity index is 307. The Morgan fingerprint density at radius 3 is 2.36 bits per heavy atom. The highest BCUT2D eigenvalue weighted by atomic mass is 32.5. The van der Waals surface area contributed by atoms with Gasteiger partial charge in [-0.15, -0.1) is 0 Å². The molecule has 0 heterocycles. The van der Waals surface area contributed by atoms with Crippen molar-refractivity contribution in [2.45, 2.75) is 19.5 Å². The molecule has 1 fully saturated rings. The van der Waals surface area contributed by atoms with Crippen LogP contribution in [-0.4, -0.2) is 26.0 Å². The second-order valence-corrected chi connectivity index (χ2v) is 19.9. The van der Waals surface area contributed by atoms with Crippen molar-refractivity contribution in [3.8, 4) is 0 Å². The third-order valence-corrected chi connectivity index (χ3v) is 18.7. The highest BCUT2D eigenvalue weighted by Gasteiger charge is 2.41. The molecule has 2 heteroatoms. The van der Waals surface area contributed by atoms with Crippen molar-refractivity contribution in [3.05, 3.63) is 23.4 Å². The Kier molecular flexibility index (Phi) is 2.28. The Morgan fingerprint density at radius 2 is 1.86 bits per heavy atom. The quantitative estimate of drug-likeness (QED) is 0.632. The summed E-state index contributed by atoms with van der Waals surface area (Å²) in [5.41, 5.74) is 0. The first-order chi connectivity index (χ1) is 6.32. The fourth-order valence-corrected chi connectivity index (χ4v) is 6.27. The lowest BCUT2D eigenvalue weighted by molar-refractivity contribution is 0.975. The van der Waals surface area contributed by atoms with Gasteiger partial charge in [-0.25, -0.2) is 0 Å². The van der Waals surface area contributed by atoms with Crippen molar-refractivity contribution in [3.63, 3.8) is 0 Å². The van der Waals surface area contributed by atoms with E-state index in [2.05, 4.69) is 50.1 Å². The number of fused-ring (bicyclic) bond motifs is 1. The molecular formula is C12H22SSi. The summed E-state index contributed by atoms with van der Waals surface area (Å²) < 4.78 is 0. The zero-order valence-electron chi connectivity index (χ0n) is 10.0. The molecule has 1 saturated carbocycles. The molecule has 0 aliphatic heterocycles. The summed E-state index contributed by atoms with van der Waals surface area (Å²) >= 11 is 0. The summed E-state index contributed by atoms with van der Waals surface area (Å²) in [5, 5.41) is 1.72. The topological polar surface area (TPSA) is 0 Å². The van der Waals surface area contributed by atoms with Gasteiger partial charge in [0.15, 0.2) is 0 Å². The first-order valence-electron chi connectivity index (χ1n) is 5.41. The summed E-state index contributed by atoms with van der Waals surface area (Å²) in [6, 6.07) is 0. The van der Waals surface area contributed by atoms with Gasteiger partial charge in [-0.3, -0.25) is 9.48 Å². The molecule has 2 rings (SSSR count). The van der Waals surface area contributed by atoms with Crippen molar-refractivity contribution in [2.24, 2.45) is 11.8 Å². The van der Waals surface area contributed by atoms with E-state index in [1.54, 1.807) is 5.20 Å². The zero-order valence-corrected chi connectivity index (χ0v) is 11.8. The maximum absolute atomic E-state index is 2.59. The van der Waals surface area contributed by atoms with Crippen molar-refractivity contribution >= 4 is 16.7 Å². The van der Waals surface area contributed by atoms with E-state index in [1.165, 1.54) is 6.42 Å². The Labute approximate surface area is 90.4 Å². The molecule has 0 radical (unpaired) electrons. The van der Waals surface area contributed by atoms with Crippen LogP contribution in [0.3, 0.4) is 0 Å². The lowest BCUT2D eigenvalue weighted by Crippen LogP contribution is -2.35. The van der Waals surface area contributed by atoms with Crippen molar-refractivity contribution in [1.29, 1.82) is 0 Å². The van der Waals surface area contributed by atoms with E-state index in [9.17, 15) is 0 Å². The lowest BCUT2D eigenvalue weighted by atomic mass is 10.2. The van der Waals surface area contributed by atoms with Gasteiger partial charge in [-0.1, -0.05) is 36.5 Å². The van der Waals surface area contributed by atoms with Crippen LogP contribution in [-0.2, 0) is 0 Å². The van der Waals surface area contributed by atoms with Crippen molar-refractivity contribution in [2.75, 3.05) is 18.8 Å². The van der Waals surface area contributed by atoms with Gasteiger partial charge in [-0.05, 0) is 37.0 Å². The third kappa shape index (κ3) is 1.63. The standard InChI is InChI=1S/C12H22SSi/c1-13(2,3)14(4,5)12-7-6-10-8-11(10)9-12/h6-7,9-11H,8H2,1-5H3. The predicted octanol–water partition coefficient (Wildman–Crippen LogP) is 3.56. The first-order valence-corrected chi connectivity index (χ1v) is 12.0. The summed E-state index contributed by atoms with van der Waals surface area (Å²) in [5.74, 6) is 1.84. The predicted molar refractivity (Wildman–Crippen MR) is 71.7 cm³/mol. The van der Waals surface area contributed by atoms with Crippen LogP contribution in [0.2, 0.25) is 13.1 Å². The van der Waals surface area contributed by atoms with E-state index in [-0.39, 0.29) is 9.48 Å². The molecule has 0 saturated heterocycles. The van der Waals surface area contributed by atoms with E-state index >= 15 is 0 Å². The zero-order chi connectivity index (χ0) is 10.6. The lowest BCUT2D eigenvalue weighted by Gasteiger charge is -2.43. The van der Waals surface area contributed by atoms with E-state index < -0.39 is 7.22 Å². The molecule has 0 bridgehead atoms. The van der Waals surface area contributed by atoms with Gasteiger partial charge in [0.25, 0.3) is 0 Å². The van der Waals surface area contributed by atoms with Crippen LogP contribution in [0.5, 0.6) is 0 Å². The molecule has 0 aromatic heterocycles. The molecule has 14 heavy (non-hydrogen) atoms. The van der Waals surface area contributed by atoms with Crippen LogP contribution in [0.25, 0.3) is 0 Å². The minimum absolute atomic E-state index is 0.388. The van der Waals surface area contributed by atoms with Crippen LogP contribution >= 0.6 is 9.48 Å². The normalized spacial score (nSPS) is 32.2. The fraction of sp³-hybridized carbons (Fsp3) is 0.667. The van der Waals surface area contributed by atoms with E-state index in [4.69, 9.17) is 0 Å². The number of hydrogen-bond acceptors (Lipinski definition) is 0. The molecule has 0 N–H and O–H groups in total. The number of allylic oxidation sites excluding steroid dienone is 4. The Morgan fingerprint density at radius 1 is 1.21 bits per heavy atom. The number of hydrogen-bond donors (Lipinski definition) is 0. The molecule has 0 amide bonds. The van der Waals surface area contributed by atoms with Gasteiger partial charge in [0, 0.05) is 0 Å². The Balaban J connectivity index is 2.26. The summed E-state index contributed by atoms with van der Waals surface area (Å²) in [4.78, 5) is 0. The molecule has 2 aliphatic carbocycles. The summed E-state index contributed by atoms with van der Waals surface area (Å²) in [6.07, 6.45) is 16.4. The van der Waals surface area contributed by atoms with Gasteiger partial charge in [-0.2, -0.15) is 0 Å². The Hall–Kier alpha value is 0.0469.